The summed E-state index contributed by atoms with van der Waals surface area (Å²) in [5.41, 5.74) is 1.59. The Bertz CT molecular complexity index is 684. The van der Waals surface area contributed by atoms with Crippen LogP contribution in [-0.2, 0) is 4.79 Å². The Morgan fingerprint density at radius 3 is 2.46 bits per heavy atom. The molecule has 1 amide bonds. The van der Waals surface area contributed by atoms with Crippen molar-refractivity contribution in [2.45, 2.75) is 20.8 Å². The Hall–Kier alpha value is -2.20. The van der Waals surface area contributed by atoms with Gasteiger partial charge < -0.3 is 14.8 Å². The lowest BCUT2D eigenvalue weighted by atomic mass is 10.2. The standard InChI is InChI=1S/C19H22ClNO3/c1-13(2)11-23-17-7-5-16(6-8-17)21-19(22)12-24-18-9-4-15(20)10-14(18)3/h4-10,13H,11-12H2,1-3H3,(H,21,22). The molecule has 4 nitrogen and oxygen atoms in total. The molecule has 128 valence electrons. The van der Waals surface area contributed by atoms with Crippen LogP contribution in [0.2, 0.25) is 5.02 Å². The summed E-state index contributed by atoms with van der Waals surface area (Å²) in [5, 5.41) is 3.43. The highest BCUT2D eigenvalue weighted by Gasteiger charge is 2.06. The number of benzene rings is 2. The molecular formula is C19H22ClNO3. The summed E-state index contributed by atoms with van der Waals surface area (Å²) in [5.74, 6) is 1.68. The summed E-state index contributed by atoms with van der Waals surface area (Å²) < 4.78 is 11.1. The number of ether oxygens (including phenoxy) is 2. The number of rotatable bonds is 7. The van der Waals surface area contributed by atoms with Gasteiger partial charge in [-0.1, -0.05) is 25.4 Å². The van der Waals surface area contributed by atoms with E-state index in [-0.39, 0.29) is 12.5 Å². The highest BCUT2D eigenvalue weighted by atomic mass is 35.5. The Labute approximate surface area is 147 Å². The lowest BCUT2D eigenvalue weighted by Crippen LogP contribution is -2.20. The smallest absolute Gasteiger partial charge is 0.262 e. The van der Waals surface area contributed by atoms with Gasteiger partial charge in [-0.2, -0.15) is 0 Å². The van der Waals surface area contributed by atoms with Crippen LogP contribution >= 0.6 is 11.6 Å². The van der Waals surface area contributed by atoms with Crippen molar-refractivity contribution in [3.8, 4) is 11.5 Å². The van der Waals surface area contributed by atoms with Crippen LogP contribution < -0.4 is 14.8 Å². The Balaban J connectivity index is 1.83. The summed E-state index contributed by atoms with van der Waals surface area (Å²) in [7, 11) is 0. The Kier molecular flexibility index (Phi) is 6.50. The van der Waals surface area contributed by atoms with Crippen molar-refractivity contribution in [3.63, 3.8) is 0 Å². The van der Waals surface area contributed by atoms with Crippen LogP contribution in [0.25, 0.3) is 0 Å². The van der Waals surface area contributed by atoms with Crippen molar-refractivity contribution >= 4 is 23.2 Å². The van der Waals surface area contributed by atoms with E-state index in [1.54, 1.807) is 30.3 Å². The molecule has 0 aliphatic rings. The number of hydrogen-bond donors (Lipinski definition) is 1. The molecule has 0 radical (unpaired) electrons. The van der Waals surface area contributed by atoms with Crippen LogP contribution in [0.3, 0.4) is 0 Å². The van der Waals surface area contributed by atoms with Gasteiger partial charge in [-0.05, 0) is 60.9 Å². The van der Waals surface area contributed by atoms with Gasteiger partial charge in [0.15, 0.2) is 6.61 Å². The fourth-order valence-electron chi connectivity index (χ4n) is 2.01. The van der Waals surface area contributed by atoms with Crippen LogP contribution in [0.1, 0.15) is 19.4 Å². The van der Waals surface area contributed by atoms with Crippen LogP contribution in [0.5, 0.6) is 11.5 Å². The molecule has 0 spiro atoms. The van der Waals surface area contributed by atoms with Crippen molar-refractivity contribution in [1.29, 1.82) is 0 Å². The van der Waals surface area contributed by atoms with E-state index < -0.39 is 0 Å². The molecule has 0 unspecified atom stereocenters. The first-order chi connectivity index (χ1) is 11.4. The zero-order chi connectivity index (χ0) is 17.5. The van der Waals surface area contributed by atoms with E-state index in [1.165, 1.54) is 0 Å². The number of hydrogen-bond acceptors (Lipinski definition) is 3. The van der Waals surface area contributed by atoms with Crippen LogP contribution in [0.4, 0.5) is 5.69 Å². The van der Waals surface area contributed by atoms with Crippen molar-refractivity contribution in [2.75, 3.05) is 18.5 Å². The van der Waals surface area contributed by atoms with E-state index in [4.69, 9.17) is 21.1 Å². The Morgan fingerprint density at radius 1 is 1.12 bits per heavy atom. The summed E-state index contributed by atoms with van der Waals surface area (Å²) in [6, 6.07) is 12.6. The molecule has 0 atom stereocenters. The van der Waals surface area contributed by atoms with Gasteiger partial charge in [-0.25, -0.2) is 0 Å². The lowest BCUT2D eigenvalue weighted by molar-refractivity contribution is -0.118. The molecule has 2 rings (SSSR count). The zero-order valence-electron chi connectivity index (χ0n) is 14.1. The second kappa shape index (κ2) is 8.60. The molecule has 0 aromatic heterocycles. The first-order valence-corrected chi connectivity index (χ1v) is 8.23. The van der Waals surface area contributed by atoms with E-state index >= 15 is 0 Å². The molecule has 0 saturated carbocycles. The van der Waals surface area contributed by atoms with Crippen LogP contribution in [0.15, 0.2) is 42.5 Å². The number of aryl methyl sites for hydroxylation is 1. The average molecular weight is 348 g/mol. The molecule has 24 heavy (non-hydrogen) atoms. The number of nitrogens with one attached hydrogen (secondary N) is 1. The predicted octanol–water partition coefficient (Wildman–Crippen LogP) is 4.70. The van der Waals surface area contributed by atoms with Crippen LogP contribution in [-0.4, -0.2) is 19.1 Å². The van der Waals surface area contributed by atoms with Gasteiger partial charge in [-0.15, -0.1) is 0 Å². The molecule has 0 aliphatic carbocycles. The fourth-order valence-corrected chi connectivity index (χ4v) is 2.24. The molecule has 0 bridgehead atoms. The van der Waals surface area contributed by atoms with Crippen LogP contribution in [0, 0.1) is 12.8 Å². The SMILES string of the molecule is Cc1cc(Cl)ccc1OCC(=O)Nc1ccc(OCC(C)C)cc1. The van der Waals surface area contributed by atoms with E-state index in [1.807, 2.05) is 19.1 Å². The molecule has 2 aromatic carbocycles. The Morgan fingerprint density at radius 2 is 1.83 bits per heavy atom. The monoisotopic (exact) mass is 347 g/mol. The minimum atomic E-state index is -0.222. The quantitative estimate of drug-likeness (QED) is 0.789. The second-order valence-electron chi connectivity index (χ2n) is 5.98. The molecule has 0 aliphatic heterocycles. The minimum absolute atomic E-state index is 0.0614. The highest BCUT2D eigenvalue weighted by Crippen LogP contribution is 2.22. The number of amides is 1. The van der Waals surface area contributed by atoms with E-state index in [2.05, 4.69) is 19.2 Å². The van der Waals surface area contributed by atoms with Crippen molar-refractivity contribution in [2.24, 2.45) is 5.92 Å². The fraction of sp³-hybridized carbons (Fsp3) is 0.316. The van der Waals surface area contributed by atoms with E-state index in [0.717, 1.165) is 11.3 Å². The molecule has 0 heterocycles. The molecule has 0 fully saturated rings. The topological polar surface area (TPSA) is 47.6 Å². The number of carbonyl (C=O) groups is 1. The van der Waals surface area contributed by atoms with E-state index in [0.29, 0.717) is 29.0 Å². The summed E-state index contributed by atoms with van der Waals surface area (Å²) in [6.45, 7) is 6.68. The highest BCUT2D eigenvalue weighted by molar-refractivity contribution is 6.30. The molecule has 0 saturated heterocycles. The van der Waals surface area contributed by atoms with Crippen molar-refractivity contribution < 1.29 is 14.3 Å². The van der Waals surface area contributed by atoms with Gasteiger partial charge in [0.25, 0.3) is 5.91 Å². The third kappa shape index (κ3) is 5.78. The average Bonchev–Trinajstić information content (AvgIpc) is 2.53. The van der Waals surface area contributed by atoms with Gasteiger partial charge in [0.2, 0.25) is 0 Å². The number of anilines is 1. The third-order valence-corrected chi connectivity index (χ3v) is 3.45. The van der Waals surface area contributed by atoms with Crippen molar-refractivity contribution in [3.05, 3.63) is 53.1 Å². The van der Waals surface area contributed by atoms with Gasteiger partial charge in [-0.3, -0.25) is 4.79 Å². The minimum Gasteiger partial charge on any atom is -0.493 e. The summed E-state index contributed by atoms with van der Waals surface area (Å²) >= 11 is 5.89. The first-order valence-electron chi connectivity index (χ1n) is 7.85. The maximum atomic E-state index is 12.0. The molecular weight excluding hydrogens is 326 g/mol. The molecule has 1 N–H and O–H groups in total. The maximum Gasteiger partial charge on any atom is 0.262 e. The van der Waals surface area contributed by atoms with Gasteiger partial charge in [0, 0.05) is 10.7 Å². The third-order valence-electron chi connectivity index (χ3n) is 3.22. The lowest BCUT2D eigenvalue weighted by Gasteiger charge is -2.11. The van der Waals surface area contributed by atoms with Crippen molar-refractivity contribution in [1.82, 2.24) is 0 Å². The van der Waals surface area contributed by atoms with Gasteiger partial charge in [0.1, 0.15) is 11.5 Å². The van der Waals surface area contributed by atoms with Gasteiger partial charge in [0.05, 0.1) is 6.61 Å². The maximum absolute atomic E-state index is 12.0. The largest absolute Gasteiger partial charge is 0.493 e. The zero-order valence-corrected chi connectivity index (χ0v) is 14.9. The first kappa shape index (κ1) is 18.1. The predicted molar refractivity (Wildman–Crippen MR) is 97.1 cm³/mol. The normalized spacial score (nSPS) is 10.5. The summed E-state index contributed by atoms with van der Waals surface area (Å²) in [6.07, 6.45) is 0. The second-order valence-corrected chi connectivity index (χ2v) is 6.41. The van der Waals surface area contributed by atoms with Gasteiger partial charge >= 0.3 is 0 Å². The van der Waals surface area contributed by atoms with E-state index in [9.17, 15) is 4.79 Å². The molecule has 2 aromatic rings. The summed E-state index contributed by atoms with van der Waals surface area (Å²) in [4.78, 5) is 12.0. The number of halogens is 1. The molecule has 5 heteroatoms. The number of carbonyl (C=O) groups excluding carboxylic acids is 1.